The molecule has 1 aromatic rings. The molecule has 0 atom stereocenters. The molecule has 4 heteroatoms. The molecule has 1 rings (SSSR count). The van der Waals surface area contributed by atoms with E-state index >= 15 is 0 Å². The van der Waals surface area contributed by atoms with E-state index in [4.69, 9.17) is 4.52 Å². The molecule has 0 aliphatic carbocycles. The van der Waals surface area contributed by atoms with Crippen LogP contribution in [-0.4, -0.2) is 23.2 Å². The average Bonchev–Trinajstić information content (AvgIpc) is 2.50. The van der Waals surface area contributed by atoms with Gasteiger partial charge in [-0.1, -0.05) is 10.7 Å². The summed E-state index contributed by atoms with van der Waals surface area (Å²) in [6.07, 6.45) is 1.83. The van der Waals surface area contributed by atoms with Gasteiger partial charge in [0.2, 0.25) is 5.89 Å². The van der Waals surface area contributed by atoms with E-state index in [0.717, 1.165) is 31.8 Å². The van der Waals surface area contributed by atoms with Crippen LogP contribution in [0.3, 0.4) is 0 Å². The van der Waals surface area contributed by atoms with Gasteiger partial charge in [0.1, 0.15) is 0 Å². The van der Waals surface area contributed by atoms with Crippen molar-refractivity contribution in [3.8, 4) is 0 Å². The van der Waals surface area contributed by atoms with Crippen LogP contribution in [0.25, 0.3) is 0 Å². The second-order valence-corrected chi connectivity index (χ2v) is 3.44. The zero-order valence-corrected chi connectivity index (χ0v) is 8.84. The Morgan fingerprint density at radius 1 is 1.50 bits per heavy atom. The molecule has 0 radical (unpaired) electrons. The molecule has 0 aliphatic heterocycles. The van der Waals surface area contributed by atoms with Gasteiger partial charge in [-0.15, -0.1) is 6.58 Å². The number of nitrogens with one attached hydrogen (secondary N) is 1. The van der Waals surface area contributed by atoms with Crippen LogP contribution in [-0.2, 0) is 6.42 Å². The summed E-state index contributed by atoms with van der Waals surface area (Å²) in [6, 6.07) is 0. The van der Waals surface area contributed by atoms with Crippen LogP contribution in [0.4, 0.5) is 0 Å². The van der Waals surface area contributed by atoms with Crippen LogP contribution in [0, 0.1) is 6.92 Å². The van der Waals surface area contributed by atoms with E-state index in [1.54, 1.807) is 6.92 Å². The number of hydrogen-bond acceptors (Lipinski definition) is 4. The first-order chi connectivity index (χ1) is 6.68. The first-order valence-electron chi connectivity index (χ1n) is 4.83. The van der Waals surface area contributed by atoms with Crippen molar-refractivity contribution in [1.29, 1.82) is 0 Å². The lowest BCUT2D eigenvalue weighted by Gasteiger charge is -2.01. The summed E-state index contributed by atoms with van der Waals surface area (Å²) in [6.45, 7) is 9.51. The predicted molar refractivity (Wildman–Crippen MR) is 55.0 cm³/mol. The van der Waals surface area contributed by atoms with Gasteiger partial charge in [0, 0.05) is 19.9 Å². The third kappa shape index (κ3) is 4.18. The van der Waals surface area contributed by atoms with Crippen molar-refractivity contribution in [3.63, 3.8) is 0 Å². The quantitative estimate of drug-likeness (QED) is 0.551. The summed E-state index contributed by atoms with van der Waals surface area (Å²) < 4.78 is 4.86. The Hall–Kier alpha value is -1.16. The Bertz CT molecular complexity index is 293. The SMILES string of the molecule is C=C(C)CCNCCc1noc(C)n1. The first kappa shape index (κ1) is 10.9. The van der Waals surface area contributed by atoms with E-state index in [1.165, 1.54) is 5.57 Å². The Labute approximate surface area is 84.4 Å². The van der Waals surface area contributed by atoms with Crippen LogP contribution < -0.4 is 5.32 Å². The lowest BCUT2D eigenvalue weighted by Crippen LogP contribution is -2.19. The van der Waals surface area contributed by atoms with E-state index < -0.39 is 0 Å². The smallest absolute Gasteiger partial charge is 0.223 e. The van der Waals surface area contributed by atoms with E-state index in [0.29, 0.717) is 5.89 Å². The molecule has 0 fully saturated rings. The van der Waals surface area contributed by atoms with Gasteiger partial charge < -0.3 is 9.84 Å². The number of hydrogen-bond donors (Lipinski definition) is 1. The molecule has 14 heavy (non-hydrogen) atoms. The maximum Gasteiger partial charge on any atom is 0.223 e. The second kappa shape index (κ2) is 5.54. The van der Waals surface area contributed by atoms with E-state index in [1.807, 2.05) is 6.92 Å². The topological polar surface area (TPSA) is 51.0 Å². The predicted octanol–water partition coefficient (Wildman–Crippen LogP) is 1.48. The van der Waals surface area contributed by atoms with Crippen LogP contribution >= 0.6 is 0 Å². The zero-order valence-electron chi connectivity index (χ0n) is 8.84. The van der Waals surface area contributed by atoms with Gasteiger partial charge in [-0.05, 0) is 19.9 Å². The first-order valence-corrected chi connectivity index (χ1v) is 4.83. The van der Waals surface area contributed by atoms with Crippen LogP contribution in [0.1, 0.15) is 25.1 Å². The molecule has 78 valence electrons. The Morgan fingerprint density at radius 2 is 2.29 bits per heavy atom. The summed E-state index contributed by atoms with van der Waals surface area (Å²) >= 11 is 0. The summed E-state index contributed by atoms with van der Waals surface area (Å²) in [7, 11) is 0. The second-order valence-electron chi connectivity index (χ2n) is 3.44. The van der Waals surface area contributed by atoms with E-state index in [2.05, 4.69) is 22.0 Å². The molecule has 1 N–H and O–H groups in total. The maximum absolute atomic E-state index is 4.86. The highest BCUT2D eigenvalue weighted by Crippen LogP contribution is 1.95. The minimum Gasteiger partial charge on any atom is -0.340 e. The molecule has 0 saturated carbocycles. The number of aryl methyl sites for hydroxylation is 1. The fraction of sp³-hybridized carbons (Fsp3) is 0.600. The lowest BCUT2D eigenvalue weighted by molar-refractivity contribution is 0.387. The molecule has 4 nitrogen and oxygen atoms in total. The van der Waals surface area contributed by atoms with Crippen molar-refractivity contribution in [1.82, 2.24) is 15.5 Å². The molecule has 1 heterocycles. The Morgan fingerprint density at radius 3 is 2.86 bits per heavy atom. The van der Waals surface area contributed by atoms with Crippen LogP contribution in [0.15, 0.2) is 16.7 Å². The van der Waals surface area contributed by atoms with Crippen molar-refractivity contribution in [2.45, 2.75) is 26.7 Å². The molecular weight excluding hydrogens is 178 g/mol. The Balaban J connectivity index is 2.07. The van der Waals surface area contributed by atoms with E-state index in [-0.39, 0.29) is 0 Å². The summed E-state index contributed by atoms with van der Waals surface area (Å²) in [5.41, 5.74) is 1.20. The standard InChI is InChI=1S/C10H17N3O/c1-8(2)4-6-11-7-5-10-12-9(3)14-13-10/h11H,1,4-7H2,2-3H3. The third-order valence-electron chi connectivity index (χ3n) is 1.82. The highest BCUT2D eigenvalue weighted by Gasteiger charge is 2.00. The van der Waals surface area contributed by atoms with Gasteiger partial charge >= 0.3 is 0 Å². The van der Waals surface area contributed by atoms with Gasteiger partial charge in [-0.2, -0.15) is 4.98 Å². The molecule has 0 spiro atoms. The summed E-state index contributed by atoms with van der Waals surface area (Å²) in [5.74, 6) is 1.40. The van der Waals surface area contributed by atoms with Crippen molar-refractivity contribution in [2.24, 2.45) is 0 Å². The molecule has 0 unspecified atom stereocenters. The number of aromatic nitrogens is 2. The highest BCUT2D eigenvalue weighted by atomic mass is 16.5. The monoisotopic (exact) mass is 195 g/mol. The van der Waals surface area contributed by atoms with Crippen molar-refractivity contribution >= 4 is 0 Å². The van der Waals surface area contributed by atoms with Gasteiger partial charge in [0.25, 0.3) is 0 Å². The average molecular weight is 195 g/mol. The third-order valence-corrected chi connectivity index (χ3v) is 1.82. The molecule has 1 aromatic heterocycles. The molecule has 0 amide bonds. The van der Waals surface area contributed by atoms with Crippen molar-refractivity contribution in [3.05, 3.63) is 23.9 Å². The highest BCUT2D eigenvalue weighted by molar-refractivity contribution is 4.89. The Kier molecular flexibility index (Phi) is 4.32. The van der Waals surface area contributed by atoms with Crippen molar-refractivity contribution < 1.29 is 4.52 Å². The lowest BCUT2D eigenvalue weighted by atomic mass is 10.2. The normalized spacial score (nSPS) is 10.4. The molecule has 0 aliphatic rings. The van der Waals surface area contributed by atoms with Gasteiger partial charge in [0.15, 0.2) is 5.82 Å². The van der Waals surface area contributed by atoms with Gasteiger partial charge in [0.05, 0.1) is 0 Å². The maximum atomic E-state index is 4.86. The minimum absolute atomic E-state index is 0.627. The summed E-state index contributed by atoms with van der Waals surface area (Å²) in [5, 5.41) is 7.10. The number of nitrogens with zero attached hydrogens (tertiary/aromatic N) is 2. The zero-order chi connectivity index (χ0) is 10.4. The van der Waals surface area contributed by atoms with Crippen molar-refractivity contribution in [2.75, 3.05) is 13.1 Å². The largest absolute Gasteiger partial charge is 0.340 e. The number of rotatable bonds is 6. The minimum atomic E-state index is 0.627. The van der Waals surface area contributed by atoms with Gasteiger partial charge in [-0.25, -0.2) is 0 Å². The van der Waals surface area contributed by atoms with E-state index in [9.17, 15) is 0 Å². The summed E-state index contributed by atoms with van der Waals surface area (Å²) in [4.78, 5) is 4.11. The molecule has 0 aromatic carbocycles. The van der Waals surface area contributed by atoms with Crippen LogP contribution in [0.2, 0.25) is 0 Å². The fourth-order valence-corrected chi connectivity index (χ4v) is 1.07. The van der Waals surface area contributed by atoms with Crippen LogP contribution in [0.5, 0.6) is 0 Å². The molecular formula is C10H17N3O. The molecule has 0 saturated heterocycles. The fourth-order valence-electron chi connectivity index (χ4n) is 1.07. The molecule has 0 bridgehead atoms. The van der Waals surface area contributed by atoms with Gasteiger partial charge in [-0.3, -0.25) is 0 Å².